The molecule has 2 N–H and O–H groups in total. The second kappa shape index (κ2) is 15.0. The Kier molecular flexibility index (Phi) is 11.5. The fourth-order valence-electron chi connectivity index (χ4n) is 5.68. The predicted octanol–water partition coefficient (Wildman–Crippen LogP) is 5.94. The third-order valence-electron chi connectivity index (χ3n) is 8.07. The van der Waals surface area contributed by atoms with E-state index in [9.17, 15) is 45.1 Å². The normalized spacial score (nSPS) is 17.5. The van der Waals surface area contributed by atoms with Gasteiger partial charge in [0.15, 0.2) is 9.84 Å². The van der Waals surface area contributed by atoms with Crippen LogP contribution in [-0.2, 0) is 43.0 Å². The lowest BCUT2D eigenvalue weighted by Crippen LogP contribution is -2.54. The quantitative estimate of drug-likeness (QED) is 0.173. The molecule has 270 valence electrons. The monoisotopic (exact) mass is 834 g/mol. The van der Waals surface area contributed by atoms with Crippen LogP contribution in [0.5, 0.6) is 0 Å². The van der Waals surface area contributed by atoms with Crippen molar-refractivity contribution in [1.29, 1.82) is 0 Å². The van der Waals surface area contributed by atoms with E-state index in [0.29, 0.717) is 11.1 Å². The van der Waals surface area contributed by atoms with Gasteiger partial charge in [-0.25, -0.2) is 34.8 Å². The van der Waals surface area contributed by atoms with Crippen LogP contribution in [0, 0.1) is 0 Å². The van der Waals surface area contributed by atoms with Gasteiger partial charge >= 0.3 is 11.9 Å². The summed E-state index contributed by atoms with van der Waals surface area (Å²) in [6, 6.07) is 16.1. The van der Waals surface area contributed by atoms with Gasteiger partial charge in [0.05, 0.1) is 54.8 Å². The average Bonchev–Trinajstić information content (AvgIpc) is 3.36. The summed E-state index contributed by atoms with van der Waals surface area (Å²) in [5, 5.41) is 17.7. The molecule has 12 nitrogen and oxygen atoms in total. The maximum absolute atomic E-state index is 14.6. The van der Waals surface area contributed by atoms with Crippen molar-refractivity contribution in [2.24, 2.45) is 0 Å². The van der Waals surface area contributed by atoms with E-state index in [-0.39, 0.29) is 10.0 Å². The van der Waals surface area contributed by atoms with Crippen molar-refractivity contribution in [1.82, 2.24) is 8.61 Å². The molecule has 1 aliphatic rings. The van der Waals surface area contributed by atoms with Gasteiger partial charge in [0.25, 0.3) is 0 Å². The summed E-state index contributed by atoms with van der Waals surface area (Å²) >= 11 is 24.8. The number of nitrogens with zero attached hydrogens (tertiary/aromatic N) is 2. The summed E-state index contributed by atoms with van der Waals surface area (Å²) in [4.78, 5) is 22.5. The number of carbonyl (C=O) groups is 2. The number of sulfonamides is 2. The highest BCUT2D eigenvalue weighted by atomic mass is 35.5. The van der Waals surface area contributed by atoms with E-state index < -0.39 is 109 Å². The number of carboxylic acids is 2. The fourth-order valence-corrected chi connectivity index (χ4v) is 12.8. The summed E-state index contributed by atoms with van der Waals surface area (Å²) in [7, 11) is -14.1. The van der Waals surface area contributed by atoms with E-state index in [1.54, 1.807) is 60.7 Å². The minimum atomic E-state index is -4.95. The van der Waals surface area contributed by atoms with Gasteiger partial charge in [0.2, 0.25) is 20.0 Å². The van der Waals surface area contributed by atoms with Crippen LogP contribution in [0.25, 0.3) is 0 Å². The van der Waals surface area contributed by atoms with Crippen LogP contribution in [0.15, 0.2) is 94.7 Å². The Morgan fingerprint density at radius 2 is 0.941 bits per heavy atom. The lowest BCUT2D eigenvalue weighted by atomic mass is 10.1. The fraction of sp³-hybridized carbons (Fsp3) is 0.188. The number of aromatic carboxylic acids is 2. The highest BCUT2D eigenvalue weighted by molar-refractivity contribution is 7.92. The molecule has 0 saturated carbocycles. The zero-order valence-corrected chi connectivity index (χ0v) is 31.3. The summed E-state index contributed by atoms with van der Waals surface area (Å²) in [6.45, 7) is -0.989. The van der Waals surface area contributed by atoms with E-state index in [4.69, 9.17) is 46.4 Å². The third kappa shape index (κ3) is 8.22. The number of rotatable bonds is 12. The van der Waals surface area contributed by atoms with Gasteiger partial charge in [0.1, 0.15) is 9.79 Å². The first-order valence-corrected chi connectivity index (χ1v) is 20.8. The van der Waals surface area contributed by atoms with Crippen LogP contribution >= 0.6 is 46.4 Å². The standard InChI is InChI=1S/C32H26Cl4N2O10S3/c33-23-13-25(35)29(11-21(23)31(39)40)50(45,46)37(15-19-7-3-1-4-8-19)27-17-49(43,44)18-28(27)38(16-20-9-5-2-6-10-20)51(47,48)30-12-22(32(41)42)24(34)14-26(30)36/h1-14,27-28H,15-18H2,(H,39,40)(H,41,42). The van der Waals surface area contributed by atoms with Gasteiger partial charge in [-0.15, -0.1) is 0 Å². The number of halogens is 4. The van der Waals surface area contributed by atoms with Crippen molar-refractivity contribution in [3.63, 3.8) is 0 Å². The zero-order chi connectivity index (χ0) is 37.5. The van der Waals surface area contributed by atoms with Crippen LogP contribution in [0.3, 0.4) is 0 Å². The number of hydrogen-bond acceptors (Lipinski definition) is 8. The Bertz CT molecular complexity index is 2190. The molecular formula is C32H26Cl4N2O10S3. The minimum absolute atomic E-state index is 0.358. The average molecular weight is 837 g/mol. The first kappa shape index (κ1) is 39.0. The molecule has 1 heterocycles. The molecule has 0 spiro atoms. The Hall–Kier alpha value is -3.25. The van der Waals surface area contributed by atoms with Gasteiger partial charge in [0, 0.05) is 13.1 Å². The molecule has 5 rings (SSSR count). The van der Waals surface area contributed by atoms with Gasteiger partial charge in [-0.1, -0.05) is 107 Å². The maximum Gasteiger partial charge on any atom is 0.337 e. The number of sulfone groups is 1. The van der Waals surface area contributed by atoms with E-state index in [2.05, 4.69) is 0 Å². The van der Waals surface area contributed by atoms with Crippen LogP contribution in [0.1, 0.15) is 31.8 Å². The lowest BCUT2D eigenvalue weighted by molar-refractivity contribution is 0.0686. The van der Waals surface area contributed by atoms with Crippen LogP contribution < -0.4 is 0 Å². The van der Waals surface area contributed by atoms with Crippen molar-refractivity contribution in [3.8, 4) is 0 Å². The van der Waals surface area contributed by atoms with Gasteiger partial charge in [-0.3, -0.25) is 0 Å². The largest absolute Gasteiger partial charge is 0.478 e. The van der Waals surface area contributed by atoms with E-state index >= 15 is 0 Å². The zero-order valence-electron chi connectivity index (χ0n) is 25.9. The Morgan fingerprint density at radius 1 is 0.608 bits per heavy atom. The summed E-state index contributed by atoms with van der Waals surface area (Å²) < 4.78 is 87.1. The highest BCUT2D eigenvalue weighted by Gasteiger charge is 2.51. The van der Waals surface area contributed by atoms with Crippen LogP contribution in [0.4, 0.5) is 0 Å². The molecule has 19 heteroatoms. The molecule has 2 unspecified atom stereocenters. The van der Waals surface area contributed by atoms with Crippen molar-refractivity contribution in [2.45, 2.75) is 35.0 Å². The van der Waals surface area contributed by atoms with Gasteiger partial charge < -0.3 is 10.2 Å². The molecule has 4 aromatic rings. The summed E-state index contributed by atoms with van der Waals surface area (Å²) in [5.41, 5.74) is -0.460. The first-order chi connectivity index (χ1) is 23.8. The molecule has 4 aromatic carbocycles. The van der Waals surface area contributed by atoms with Crippen molar-refractivity contribution in [2.75, 3.05) is 11.5 Å². The smallest absolute Gasteiger partial charge is 0.337 e. The molecule has 0 aliphatic carbocycles. The number of benzene rings is 4. The van der Waals surface area contributed by atoms with E-state index in [0.717, 1.165) is 32.9 Å². The molecule has 0 bridgehead atoms. The van der Waals surface area contributed by atoms with Gasteiger partial charge in [-0.2, -0.15) is 8.61 Å². The SMILES string of the molecule is O=C(O)c1cc(S(=O)(=O)N(Cc2ccccc2)C2CS(=O)(=O)CC2N(Cc2ccccc2)S(=O)(=O)c2cc(C(=O)O)c(Cl)cc2Cl)c(Cl)cc1Cl. The van der Waals surface area contributed by atoms with Crippen LogP contribution in [0.2, 0.25) is 20.1 Å². The third-order valence-corrected chi connectivity index (χ3v) is 15.1. The molecule has 1 fully saturated rings. The molecular weight excluding hydrogens is 810 g/mol. The lowest BCUT2D eigenvalue weighted by Gasteiger charge is -2.37. The number of carboxylic acid groups (broad SMARTS) is 2. The second-order valence-electron chi connectivity index (χ2n) is 11.4. The molecule has 0 aromatic heterocycles. The Morgan fingerprint density at radius 3 is 1.25 bits per heavy atom. The van der Waals surface area contributed by atoms with Crippen molar-refractivity contribution >= 4 is 88.2 Å². The van der Waals surface area contributed by atoms with Crippen LogP contribution in [-0.4, -0.2) is 79.6 Å². The summed E-state index contributed by atoms with van der Waals surface area (Å²) in [5.74, 6) is -4.83. The molecule has 51 heavy (non-hydrogen) atoms. The molecule has 1 aliphatic heterocycles. The van der Waals surface area contributed by atoms with E-state index in [1.807, 2.05) is 0 Å². The van der Waals surface area contributed by atoms with Crippen molar-refractivity contribution < 1.29 is 45.1 Å². The van der Waals surface area contributed by atoms with Crippen molar-refractivity contribution in [3.05, 3.63) is 127 Å². The van der Waals surface area contributed by atoms with Gasteiger partial charge in [-0.05, 0) is 35.4 Å². The molecule has 2 atom stereocenters. The summed E-state index contributed by atoms with van der Waals surface area (Å²) in [6.07, 6.45) is 0. The topological polar surface area (TPSA) is 183 Å². The minimum Gasteiger partial charge on any atom is -0.478 e. The first-order valence-electron chi connectivity index (χ1n) is 14.6. The second-order valence-corrected chi connectivity index (χ2v) is 18.9. The Labute approximate surface area is 313 Å². The van der Waals surface area contributed by atoms with E-state index in [1.165, 1.54) is 0 Å². The Balaban J connectivity index is 1.76. The molecule has 1 saturated heterocycles. The predicted molar refractivity (Wildman–Crippen MR) is 191 cm³/mol. The highest BCUT2D eigenvalue weighted by Crippen LogP contribution is 2.39. The molecule has 0 radical (unpaired) electrons. The molecule has 0 amide bonds. The number of hydrogen-bond donors (Lipinski definition) is 2. The maximum atomic E-state index is 14.6.